The van der Waals surface area contributed by atoms with Crippen molar-refractivity contribution in [2.45, 2.75) is 33.2 Å². The first-order valence-corrected chi connectivity index (χ1v) is 4.92. The highest BCUT2D eigenvalue weighted by Gasteiger charge is 2.16. The Morgan fingerprint density at radius 3 is 2.77 bits per heavy atom. The molecule has 2 unspecified atom stereocenters. The van der Waals surface area contributed by atoms with E-state index in [4.69, 9.17) is 5.73 Å². The molecule has 0 radical (unpaired) electrons. The van der Waals surface area contributed by atoms with Crippen LogP contribution in [0.25, 0.3) is 0 Å². The molecule has 3 heteroatoms. The molecular formula is C10H19N3. The molecule has 0 aromatic carbocycles. The number of hydrogen-bond acceptors (Lipinski definition) is 2. The van der Waals surface area contributed by atoms with E-state index in [1.165, 1.54) is 5.69 Å². The number of rotatable bonds is 4. The molecule has 0 aliphatic carbocycles. The fourth-order valence-corrected chi connectivity index (χ4v) is 1.49. The van der Waals surface area contributed by atoms with Gasteiger partial charge in [0.25, 0.3) is 0 Å². The van der Waals surface area contributed by atoms with Crippen LogP contribution in [-0.4, -0.2) is 16.3 Å². The van der Waals surface area contributed by atoms with E-state index < -0.39 is 0 Å². The third kappa shape index (κ3) is 2.10. The first-order valence-electron chi connectivity index (χ1n) is 4.92. The highest BCUT2D eigenvalue weighted by atomic mass is 15.3. The van der Waals surface area contributed by atoms with Gasteiger partial charge in [0.2, 0.25) is 0 Å². The Kier molecular flexibility index (Phi) is 3.48. The summed E-state index contributed by atoms with van der Waals surface area (Å²) in [6, 6.07) is 2.08. The van der Waals surface area contributed by atoms with Gasteiger partial charge in [0, 0.05) is 24.4 Å². The summed E-state index contributed by atoms with van der Waals surface area (Å²) in [6.45, 7) is 8.16. The predicted molar refractivity (Wildman–Crippen MR) is 54.5 cm³/mol. The van der Waals surface area contributed by atoms with Crippen LogP contribution in [0.15, 0.2) is 12.3 Å². The fourth-order valence-electron chi connectivity index (χ4n) is 1.49. The van der Waals surface area contributed by atoms with Crippen LogP contribution in [0.5, 0.6) is 0 Å². The summed E-state index contributed by atoms with van der Waals surface area (Å²) >= 11 is 0. The molecule has 13 heavy (non-hydrogen) atoms. The standard InChI is InChI=1S/C10H19N3/c1-4-13-10(5-6-12-13)9(3)8(2)7-11/h5-6,8-9H,4,7,11H2,1-3H3. The largest absolute Gasteiger partial charge is 0.330 e. The van der Waals surface area contributed by atoms with Crippen molar-refractivity contribution in [1.82, 2.24) is 9.78 Å². The molecule has 74 valence electrons. The van der Waals surface area contributed by atoms with Crippen molar-refractivity contribution < 1.29 is 0 Å². The summed E-state index contributed by atoms with van der Waals surface area (Å²) in [7, 11) is 0. The third-order valence-corrected chi connectivity index (χ3v) is 2.74. The summed E-state index contributed by atoms with van der Waals surface area (Å²) < 4.78 is 2.04. The van der Waals surface area contributed by atoms with E-state index in [9.17, 15) is 0 Å². The van der Waals surface area contributed by atoms with Crippen LogP contribution in [-0.2, 0) is 6.54 Å². The smallest absolute Gasteiger partial charge is 0.0492 e. The van der Waals surface area contributed by atoms with Gasteiger partial charge >= 0.3 is 0 Å². The molecule has 0 amide bonds. The van der Waals surface area contributed by atoms with E-state index in [0.29, 0.717) is 11.8 Å². The van der Waals surface area contributed by atoms with Crippen LogP contribution < -0.4 is 5.73 Å². The summed E-state index contributed by atoms with van der Waals surface area (Å²) in [5.74, 6) is 1.01. The predicted octanol–water partition coefficient (Wildman–Crippen LogP) is 1.60. The van der Waals surface area contributed by atoms with Gasteiger partial charge in [-0.1, -0.05) is 13.8 Å². The Bertz CT molecular complexity index is 254. The van der Waals surface area contributed by atoms with Gasteiger partial charge in [0.1, 0.15) is 0 Å². The van der Waals surface area contributed by atoms with Gasteiger partial charge in [-0.25, -0.2) is 0 Å². The van der Waals surface area contributed by atoms with Crippen molar-refractivity contribution in [1.29, 1.82) is 0 Å². The maximum absolute atomic E-state index is 5.64. The zero-order chi connectivity index (χ0) is 9.84. The molecule has 1 heterocycles. The average molecular weight is 181 g/mol. The first kappa shape index (κ1) is 10.3. The Hall–Kier alpha value is -0.830. The van der Waals surface area contributed by atoms with Crippen LogP contribution in [0.2, 0.25) is 0 Å². The van der Waals surface area contributed by atoms with Crippen LogP contribution in [0, 0.1) is 5.92 Å². The monoisotopic (exact) mass is 181 g/mol. The molecule has 2 N–H and O–H groups in total. The molecular weight excluding hydrogens is 162 g/mol. The number of nitrogens with zero attached hydrogens (tertiary/aromatic N) is 2. The normalized spacial score (nSPS) is 15.7. The van der Waals surface area contributed by atoms with Crippen molar-refractivity contribution in [2.75, 3.05) is 6.54 Å². The van der Waals surface area contributed by atoms with Crippen LogP contribution >= 0.6 is 0 Å². The minimum atomic E-state index is 0.493. The van der Waals surface area contributed by atoms with Gasteiger partial charge in [-0.05, 0) is 25.5 Å². The Morgan fingerprint density at radius 2 is 2.23 bits per heavy atom. The highest BCUT2D eigenvalue weighted by Crippen LogP contribution is 2.22. The lowest BCUT2D eigenvalue weighted by atomic mass is 9.93. The minimum absolute atomic E-state index is 0.493. The molecule has 0 aliphatic rings. The molecule has 1 aromatic rings. The first-order chi connectivity index (χ1) is 6.20. The van der Waals surface area contributed by atoms with Crippen LogP contribution in [0.3, 0.4) is 0 Å². The molecule has 0 spiro atoms. The van der Waals surface area contributed by atoms with Gasteiger partial charge in [-0.15, -0.1) is 0 Å². The molecule has 0 saturated heterocycles. The number of nitrogens with two attached hydrogens (primary N) is 1. The molecule has 1 rings (SSSR count). The summed E-state index contributed by atoms with van der Waals surface area (Å²) in [5.41, 5.74) is 6.93. The van der Waals surface area contributed by atoms with Gasteiger partial charge < -0.3 is 5.73 Å². The van der Waals surface area contributed by atoms with Crippen molar-refractivity contribution >= 4 is 0 Å². The average Bonchev–Trinajstić information content (AvgIpc) is 2.62. The molecule has 0 saturated carbocycles. The molecule has 2 atom stereocenters. The van der Waals surface area contributed by atoms with Crippen LogP contribution in [0.4, 0.5) is 0 Å². The van der Waals surface area contributed by atoms with Crippen LogP contribution in [0.1, 0.15) is 32.4 Å². The van der Waals surface area contributed by atoms with Crippen molar-refractivity contribution in [2.24, 2.45) is 11.7 Å². The molecule has 0 bridgehead atoms. The highest BCUT2D eigenvalue weighted by molar-refractivity contribution is 5.07. The van der Waals surface area contributed by atoms with E-state index >= 15 is 0 Å². The summed E-state index contributed by atoms with van der Waals surface area (Å²) in [6.07, 6.45) is 1.86. The minimum Gasteiger partial charge on any atom is -0.330 e. The zero-order valence-corrected chi connectivity index (χ0v) is 8.70. The Labute approximate surface area is 79.9 Å². The maximum Gasteiger partial charge on any atom is 0.0492 e. The maximum atomic E-state index is 5.64. The van der Waals surface area contributed by atoms with E-state index in [2.05, 4.69) is 31.9 Å². The second-order valence-corrected chi connectivity index (χ2v) is 3.57. The third-order valence-electron chi connectivity index (χ3n) is 2.74. The Balaban J connectivity index is 2.81. The SMILES string of the molecule is CCn1nccc1C(C)C(C)CN. The van der Waals surface area contributed by atoms with Crippen molar-refractivity contribution in [3.05, 3.63) is 18.0 Å². The lowest BCUT2D eigenvalue weighted by Crippen LogP contribution is -2.19. The fraction of sp³-hybridized carbons (Fsp3) is 0.700. The van der Waals surface area contributed by atoms with Gasteiger partial charge in [-0.2, -0.15) is 5.10 Å². The van der Waals surface area contributed by atoms with E-state index in [1.807, 2.05) is 10.9 Å². The van der Waals surface area contributed by atoms with E-state index in [1.54, 1.807) is 0 Å². The summed E-state index contributed by atoms with van der Waals surface area (Å²) in [5, 5.41) is 4.25. The molecule has 0 aliphatic heterocycles. The second kappa shape index (κ2) is 4.42. The lowest BCUT2D eigenvalue weighted by molar-refractivity contribution is 0.460. The lowest BCUT2D eigenvalue weighted by Gasteiger charge is -2.18. The molecule has 3 nitrogen and oxygen atoms in total. The molecule has 1 aromatic heterocycles. The Morgan fingerprint density at radius 1 is 1.54 bits per heavy atom. The topological polar surface area (TPSA) is 43.8 Å². The van der Waals surface area contributed by atoms with Gasteiger partial charge in [-0.3, -0.25) is 4.68 Å². The van der Waals surface area contributed by atoms with E-state index in [0.717, 1.165) is 13.1 Å². The quantitative estimate of drug-likeness (QED) is 0.766. The van der Waals surface area contributed by atoms with Crippen molar-refractivity contribution in [3.8, 4) is 0 Å². The number of hydrogen-bond donors (Lipinski definition) is 1. The second-order valence-electron chi connectivity index (χ2n) is 3.57. The van der Waals surface area contributed by atoms with Gasteiger partial charge in [0.05, 0.1) is 0 Å². The number of aromatic nitrogens is 2. The zero-order valence-electron chi connectivity index (χ0n) is 8.70. The number of aryl methyl sites for hydroxylation is 1. The van der Waals surface area contributed by atoms with E-state index in [-0.39, 0.29) is 0 Å². The summed E-state index contributed by atoms with van der Waals surface area (Å²) in [4.78, 5) is 0. The molecule has 0 fully saturated rings. The van der Waals surface area contributed by atoms with Gasteiger partial charge in [0.15, 0.2) is 0 Å². The van der Waals surface area contributed by atoms with Crippen molar-refractivity contribution in [3.63, 3.8) is 0 Å².